The Bertz CT molecular complexity index is 872. The second kappa shape index (κ2) is 9.12. The lowest BCUT2D eigenvalue weighted by Crippen LogP contribution is -3.00. The second-order valence-corrected chi connectivity index (χ2v) is 11.0. The van der Waals surface area contributed by atoms with Gasteiger partial charge in [-0.05, 0) is 30.2 Å². The molecule has 3 unspecified atom stereocenters. The summed E-state index contributed by atoms with van der Waals surface area (Å²) in [5, 5.41) is 16.6. The molecule has 2 aliphatic carbocycles. The number of likely N-dealkylation sites (tertiary alicyclic amines) is 1. The molecule has 3 fully saturated rings. The Labute approximate surface area is 206 Å². The Morgan fingerprint density at radius 2 is 1.81 bits per heavy atom. The number of halogens is 1. The lowest BCUT2D eigenvalue weighted by Gasteiger charge is -2.33. The van der Waals surface area contributed by atoms with Gasteiger partial charge in [-0.2, -0.15) is 0 Å². The van der Waals surface area contributed by atoms with E-state index in [0.717, 1.165) is 41.6 Å². The van der Waals surface area contributed by atoms with Crippen LogP contribution in [0.4, 0.5) is 0 Å². The summed E-state index contributed by atoms with van der Waals surface area (Å²) in [6.45, 7) is 4.18. The van der Waals surface area contributed by atoms with Crippen LogP contribution in [0.3, 0.4) is 0 Å². The first-order valence-corrected chi connectivity index (χ1v) is 12.3. The number of thiophene rings is 1. The van der Waals surface area contributed by atoms with Gasteiger partial charge in [0.2, 0.25) is 0 Å². The predicted octanol–water partition coefficient (Wildman–Crippen LogP) is 0.769. The normalized spacial score (nSPS) is 31.5. The molecule has 1 saturated heterocycles. The number of nitrogens with zero attached hydrogens (tertiary/aromatic N) is 1. The highest BCUT2D eigenvalue weighted by Crippen LogP contribution is 2.54. The molecule has 5 rings (SSSR count). The molecule has 1 aliphatic heterocycles. The van der Waals surface area contributed by atoms with Crippen molar-refractivity contribution in [2.24, 2.45) is 23.7 Å². The highest BCUT2D eigenvalue weighted by molar-refractivity contribution is 7.10. The molecule has 3 aliphatic rings. The summed E-state index contributed by atoms with van der Waals surface area (Å²) in [5.74, 6) is 1.86. The summed E-state index contributed by atoms with van der Waals surface area (Å²) in [4.78, 5) is 14.0. The summed E-state index contributed by atoms with van der Waals surface area (Å²) < 4.78 is 1.10. The first kappa shape index (κ1) is 23.2. The van der Waals surface area contributed by atoms with Crippen molar-refractivity contribution in [2.45, 2.75) is 37.8 Å². The van der Waals surface area contributed by atoms with Gasteiger partial charge in [-0.1, -0.05) is 49.2 Å². The number of benzene rings is 1. The molecule has 4 nitrogen and oxygen atoms in total. The molecule has 1 aromatic carbocycles. The van der Waals surface area contributed by atoms with E-state index >= 15 is 0 Å². The van der Waals surface area contributed by atoms with Crippen LogP contribution in [0.5, 0.6) is 0 Å². The van der Waals surface area contributed by atoms with Gasteiger partial charge in [-0.15, -0.1) is 11.3 Å². The van der Waals surface area contributed by atoms with Crippen LogP contribution in [0, 0.1) is 23.7 Å². The van der Waals surface area contributed by atoms with Crippen molar-refractivity contribution in [3.63, 3.8) is 0 Å². The number of carbonyl (C=O) groups is 1. The van der Waals surface area contributed by atoms with Crippen LogP contribution in [0.25, 0.3) is 0 Å². The molecule has 0 bridgehead atoms. The fourth-order valence-electron chi connectivity index (χ4n) is 6.30. The zero-order valence-electron chi connectivity index (χ0n) is 18.2. The van der Waals surface area contributed by atoms with Crippen LogP contribution in [-0.4, -0.2) is 42.2 Å². The minimum absolute atomic E-state index is 0. The van der Waals surface area contributed by atoms with E-state index in [4.69, 9.17) is 0 Å². The first-order valence-electron chi connectivity index (χ1n) is 11.4. The van der Waals surface area contributed by atoms with Gasteiger partial charge >= 0.3 is 0 Å². The summed E-state index contributed by atoms with van der Waals surface area (Å²) >= 11 is 1.50. The van der Waals surface area contributed by atoms with E-state index < -0.39 is 5.60 Å². The fraction of sp³-hybridized carbons (Fsp3) is 0.560. The molecule has 1 aromatic heterocycles. The van der Waals surface area contributed by atoms with E-state index in [1.165, 1.54) is 30.0 Å². The minimum atomic E-state index is -1.35. The SMILES string of the molecule is C[N+]1(Cc2ccccc2)CC2C(CNC(=O)C(O)(c3cccs3)C3CCCC3)C2C1.[I-]. The van der Waals surface area contributed by atoms with Gasteiger partial charge in [-0.3, -0.25) is 4.79 Å². The van der Waals surface area contributed by atoms with Crippen LogP contribution < -0.4 is 29.3 Å². The number of carbonyl (C=O) groups excluding carboxylic acids is 1. The Morgan fingerprint density at radius 1 is 1.13 bits per heavy atom. The van der Waals surface area contributed by atoms with Crippen LogP contribution in [-0.2, 0) is 16.9 Å². The lowest BCUT2D eigenvalue weighted by molar-refractivity contribution is -0.916. The molecule has 2 aromatic rings. The number of hydrogen-bond donors (Lipinski definition) is 2. The minimum Gasteiger partial charge on any atom is -1.00 e. The molecular weight excluding hydrogens is 519 g/mol. The van der Waals surface area contributed by atoms with Crippen LogP contribution >= 0.6 is 11.3 Å². The fourth-order valence-corrected chi connectivity index (χ4v) is 7.20. The topological polar surface area (TPSA) is 49.3 Å². The zero-order chi connectivity index (χ0) is 20.8. The Morgan fingerprint density at radius 3 is 2.42 bits per heavy atom. The smallest absolute Gasteiger partial charge is 0.257 e. The summed E-state index contributed by atoms with van der Waals surface area (Å²) in [6.07, 6.45) is 4.09. The highest BCUT2D eigenvalue weighted by atomic mass is 127. The van der Waals surface area contributed by atoms with Gasteiger partial charge in [-0.25, -0.2) is 0 Å². The average Bonchev–Trinajstić information content (AvgIpc) is 3.30. The van der Waals surface area contributed by atoms with Gasteiger partial charge in [0.1, 0.15) is 6.54 Å². The third kappa shape index (κ3) is 4.45. The van der Waals surface area contributed by atoms with Crippen molar-refractivity contribution >= 4 is 17.2 Å². The molecule has 2 saturated carbocycles. The molecule has 0 spiro atoms. The monoisotopic (exact) mass is 552 g/mol. The lowest BCUT2D eigenvalue weighted by atomic mass is 9.83. The summed E-state index contributed by atoms with van der Waals surface area (Å²) in [6, 6.07) is 14.6. The maximum absolute atomic E-state index is 13.2. The number of nitrogens with one attached hydrogen (secondary N) is 1. The van der Waals surface area contributed by atoms with E-state index in [9.17, 15) is 9.90 Å². The molecule has 1 amide bonds. The maximum atomic E-state index is 13.2. The van der Waals surface area contributed by atoms with Gasteiger partial charge < -0.3 is 38.9 Å². The van der Waals surface area contributed by atoms with E-state index in [0.29, 0.717) is 24.3 Å². The van der Waals surface area contributed by atoms with Crippen LogP contribution in [0.15, 0.2) is 47.8 Å². The van der Waals surface area contributed by atoms with Crippen molar-refractivity contribution in [1.82, 2.24) is 5.32 Å². The van der Waals surface area contributed by atoms with Gasteiger partial charge in [0, 0.05) is 34.7 Å². The van der Waals surface area contributed by atoms with Crippen molar-refractivity contribution in [3.8, 4) is 0 Å². The van der Waals surface area contributed by atoms with Gasteiger partial charge in [0.25, 0.3) is 5.91 Å². The molecular formula is C25H33IN2O2S. The van der Waals surface area contributed by atoms with Crippen LogP contribution in [0.1, 0.15) is 36.1 Å². The number of aliphatic hydroxyl groups is 1. The van der Waals surface area contributed by atoms with E-state index in [2.05, 4.69) is 42.7 Å². The largest absolute Gasteiger partial charge is 1.00 e. The number of hydrogen-bond acceptors (Lipinski definition) is 3. The molecule has 31 heavy (non-hydrogen) atoms. The Kier molecular flexibility index (Phi) is 6.83. The van der Waals surface area contributed by atoms with Crippen molar-refractivity contribution in [3.05, 3.63) is 58.3 Å². The zero-order valence-corrected chi connectivity index (χ0v) is 21.1. The Hall–Kier alpha value is -0.960. The Balaban J connectivity index is 0.00000231. The van der Waals surface area contributed by atoms with Gasteiger partial charge in [0.05, 0.1) is 20.1 Å². The van der Waals surface area contributed by atoms with E-state index in [1.807, 2.05) is 17.5 Å². The van der Waals surface area contributed by atoms with E-state index in [-0.39, 0.29) is 35.8 Å². The summed E-state index contributed by atoms with van der Waals surface area (Å²) in [5.41, 5.74) is 0.0516. The van der Waals surface area contributed by atoms with Crippen molar-refractivity contribution in [1.29, 1.82) is 0 Å². The average molecular weight is 553 g/mol. The predicted molar refractivity (Wildman–Crippen MR) is 120 cm³/mol. The third-order valence-electron chi connectivity index (χ3n) is 7.91. The molecule has 0 radical (unpaired) electrons. The number of piperidine rings is 1. The quantitative estimate of drug-likeness (QED) is 0.394. The molecule has 3 atom stereocenters. The first-order chi connectivity index (χ1) is 14.5. The summed E-state index contributed by atoms with van der Waals surface area (Å²) in [7, 11) is 2.37. The van der Waals surface area contributed by atoms with Crippen molar-refractivity contribution < 1.29 is 38.4 Å². The molecule has 6 heteroatoms. The van der Waals surface area contributed by atoms with Gasteiger partial charge in [0.15, 0.2) is 5.60 Å². The molecule has 2 heterocycles. The third-order valence-corrected chi connectivity index (χ3v) is 8.90. The number of quaternary nitrogens is 1. The standard InChI is InChI=1S/C25H32N2O2S.HI/c1-27(15-18-8-3-2-4-9-18)16-21-20(22(21)17-27)14-26-24(28)25(29,19-10-5-6-11-19)23-12-7-13-30-23;/h2-4,7-9,12-13,19-22,29H,5-6,10-11,14-17H2,1H3;1H. The van der Waals surface area contributed by atoms with Crippen molar-refractivity contribution in [2.75, 3.05) is 26.7 Å². The number of amides is 1. The highest BCUT2D eigenvalue weighted by Gasteiger charge is 2.61. The molecule has 2 N–H and O–H groups in total. The van der Waals surface area contributed by atoms with Crippen LogP contribution in [0.2, 0.25) is 0 Å². The molecule has 168 valence electrons. The van der Waals surface area contributed by atoms with E-state index in [1.54, 1.807) is 0 Å². The number of rotatable bonds is 7. The number of fused-ring (bicyclic) bond motifs is 1. The maximum Gasteiger partial charge on any atom is 0.257 e. The second-order valence-electron chi connectivity index (χ2n) is 10.1.